The zero-order chi connectivity index (χ0) is 17.6. The van der Waals surface area contributed by atoms with Crippen LogP contribution in [0.25, 0.3) is 0 Å². The molecule has 0 saturated carbocycles. The van der Waals surface area contributed by atoms with Gasteiger partial charge in [-0.25, -0.2) is 0 Å². The van der Waals surface area contributed by atoms with Gasteiger partial charge in [0.1, 0.15) is 12.4 Å². The third-order valence-electron chi connectivity index (χ3n) is 4.49. The Labute approximate surface area is 147 Å². The van der Waals surface area contributed by atoms with Crippen LogP contribution in [0.2, 0.25) is 0 Å². The van der Waals surface area contributed by atoms with Crippen molar-refractivity contribution in [3.63, 3.8) is 0 Å². The maximum absolute atomic E-state index is 8.80. The number of aryl methyl sites for hydroxylation is 1. The minimum Gasteiger partial charge on any atom is -0.492 e. The smallest absolute Gasteiger partial charge is 0.223 e. The van der Waals surface area contributed by atoms with Crippen LogP contribution in [0.4, 0.5) is 0 Å². The number of hydrogen-bond donors (Lipinski definition) is 0. The van der Waals surface area contributed by atoms with Crippen molar-refractivity contribution in [3.05, 3.63) is 41.5 Å². The van der Waals surface area contributed by atoms with Gasteiger partial charge >= 0.3 is 0 Å². The van der Waals surface area contributed by atoms with Gasteiger partial charge in [0.2, 0.25) is 5.89 Å². The van der Waals surface area contributed by atoms with Crippen molar-refractivity contribution >= 4 is 0 Å². The zero-order valence-corrected chi connectivity index (χ0v) is 14.7. The van der Waals surface area contributed by atoms with E-state index in [0.29, 0.717) is 30.6 Å². The molecule has 1 aromatic carbocycles. The first-order valence-corrected chi connectivity index (χ1v) is 8.49. The van der Waals surface area contributed by atoms with E-state index in [0.717, 1.165) is 37.6 Å². The zero-order valence-electron chi connectivity index (χ0n) is 14.7. The fourth-order valence-electron chi connectivity index (χ4n) is 3.05. The number of nitriles is 1. The summed E-state index contributed by atoms with van der Waals surface area (Å²) in [5.41, 5.74) is 0.648. The van der Waals surface area contributed by atoms with Gasteiger partial charge in [0.05, 0.1) is 18.2 Å². The van der Waals surface area contributed by atoms with Crippen molar-refractivity contribution in [3.8, 4) is 11.8 Å². The molecule has 0 N–H and O–H groups in total. The van der Waals surface area contributed by atoms with E-state index in [2.05, 4.69) is 33.1 Å². The third kappa shape index (κ3) is 4.78. The first-order chi connectivity index (χ1) is 12.1. The number of hydrogen-bond acceptors (Lipinski definition) is 7. The van der Waals surface area contributed by atoms with Gasteiger partial charge in [-0.3, -0.25) is 9.80 Å². The summed E-state index contributed by atoms with van der Waals surface area (Å²) in [5.74, 6) is 2.15. The highest BCUT2D eigenvalue weighted by atomic mass is 16.5. The Bertz CT molecular complexity index is 722. The van der Waals surface area contributed by atoms with Gasteiger partial charge in [0, 0.05) is 26.1 Å². The first-order valence-electron chi connectivity index (χ1n) is 8.49. The van der Waals surface area contributed by atoms with Crippen LogP contribution in [0, 0.1) is 18.3 Å². The quantitative estimate of drug-likeness (QED) is 0.760. The van der Waals surface area contributed by atoms with E-state index in [1.54, 1.807) is 12.1 Å². The van der Waals surface area contributed by atoms with Crippen LogP contribution < -0.4 is 4.74 Å². The van der Waals surface area contributed by atoms with Crippen molar-refractivity contribution in [2.45, 2.75) is 25.9 Å². The van der Waals surface area contributed by atoms with Gasteiger partial charge in [-0.1, -0.05) is 5.16 Å². The largest absolute Gasteiger partial charge is 0.492 e. The first kappa shape index (κ1) is 17.4. The number of nitrogens with zero attached hydrogens (tertiary/aromatic N) is 5. The van der Waals surface area contributed by atoms with E-state index >= 15 is 0 Å². The van der Waals surface area contributed by atoms with Gasteiger partial charge in [0.15, 0.2) is 5.82 Å². The fourth-order valence-corrected chi connectivity index (χ4v) is 3.05. The molecule has 2 heterocycles. The van der Waals surface area contributed by atoms with Crippen molar-refractivity contribution in [1.29, 1.82) is 5.26 Å². The molecule has 3 rings (SSSR count). The predicted octanol–water partition coefficient (Wildman–Crippen LogP) is 1.83. The molecule has 1 aliphatic heterocycles. The average molecular weight is 341 g/mol. The normalized spacial score (nSPS) is 17.8. The monoisotopic (exact) mass is 341 g/mol. The van der Waals surface area contributed by atoms with Crippen LogP contribution in [-0.4, -0.2) is 59.3 Å². The molecule has 0 bridgehead atoms. The lowest BCUT2D eigenvalue weighted by Crippen LogP contribution is -2.35. The van der Waals surface area contributed by atoms with E-state index in [-0.39, 0.29) is 0 Å². The van der Waals surface area contributed by atoms with E-state index in [4.69, 9.17) is 14.5 Å². The molecule has 7 nitrogen and oxygen atoms in total. The average Bonchev–Trinajstić information content (AvgIpc) is 3.25. The van der Waals surface area contributed by atoms with Crippen LogP contribution >= 0.6 is 0 Å². The Hall–Kier alpha value is -2.43. The summed E-state index contributed by atoms with van der Waals surface area (Å²) in [6.45, 7) is 6.14. The second-order valence-electron chi connectivity index (χ2n) is 6.37. The van der Waals surface area contributed by atoms with Gasteiger partial charge in [-0.15, -0.1) is 0 Å². The van der Waals surface area contributed by atoms with E-state index in [9.17, 15) is 0 Å². The summed E-state index contributed by atoms with van der Waals surface area (Å²) >= 11 is 0. The lowest BCUT2D eigenvalue weighted by atomic mass is 10.2. The van der Waals surface area contributed by atoms with Gasteiger partial charge in [0.25, 0.3) is 0 Å². The maximum Gasteiger partial charge on any atom is 0.223 e. The second-order valence-corrected chi connectivity index (χ2v) is 6.37. The Balaban J connectivity index is 1.39. The molecule has 0 amide bonds. The highest BCUT2D eigenvalue weighted by Gasteiger charge is 2.26. The molecule has 0 radical (unpaired) electrons. The highest BCUT2D eigenvalue weighted by molar-refractivity contribution is 5.34. The molecule has 7 heteroatoms. The molecule has 25 heavy (non-hydrogen) atoms. The maximum atomic E-state index is 8.80. The summed E-state index contributed by atoms with van der Waals surface area (Å²) in [5, 5.41) is 12.8. The Morgan fingerprint density at radius 1 is 1.40 bits per heavy atom. The number of ether oxygens (including phenoxy) is 1. The van der Waals surface area contributed by atoms with Crippen LogP contribution in [0.5, 0.6) is 5.75 Å². The minimum atomic E-state index is 0.494. The highest BCUT2D eigenvalue weighted by Crippen LogP contribution is 2.16. The molecule has 1 saturated heterocycles. The van der Waals surface area contributed by atoms with E-state index in [1.807, 2.05) is 19.1 Å². The van der Waals surface area contributed by atoms with Gasteiger partial charge < -0.3 is 9.26 Å². The standard InChI is InChI=1S/C18H23N5O2/c1-14-20-18(21-25-14)13-22(2)16-7-8-23(12-16)9-10-24-17-5-3-15(11-19)4-6-17/h3-6,16H,7-10,12-13H2,1-2H3. The third-order valence-corrected chi connectivity index (χ3v) is 4.49. The number of rotatable bonds is 7. The van der Waals surface area contributed by atoms with Crippen molar-refractivity contribution < 1.29 is 9.26 Å². The summed E-state index contributed by atoms with van der Waals surface area (Å²) in [7, 11) is 2.10. The van der Waals surface area contributed by atoms with Crippen molar-refractivity contribution in [2.24, 2.45) is 0 Å². The fraction of sp³-hybridized carbons (Fsp3) is 0.500. The minimum absolute atomic E-state index is 0.494. The second kappa shape index (κ2) is 8.10. The Morgan fingerprint density at radius 2 is 2.20 bits per heavy atom. The van der Waals surface area contributed by atoms with Crippen LogP contribution in [0.15, 0.2) is 28.8 Å². The molecule has 0 aliphatic carbocycles. The molecule has 1 aromatic heterocycles. The van der Waals surface area contributed by atoms with E-state index < -0.39 is 0 Å². The topological polar surface area (TPSA) is 78.4 Å². The Morgan fingerprint density at radius 3 is 2.88 bits per heavy atom. The van der Waals surface area contributed by atoms with Crippen molar-refractivity contribution in [1.82, 2.24) is 19.9 Å². The summed E-state index contributed by atoms with van der Waals surface area (Å²) in [4.78, 5) is 8.96. The summed E-state index contributed by atoms with van der Waals surface area (Å²) < 4.78 is 10.8. The van der Waals surface area contributed by atoms with Crippen LogP contribution in [-0.2, 0) is 6.54 Å². The molecule has 132 valence electrons. The molecule has 0 spiro atoms. The van der Waals surface area contributed by atoms with Crippen molar-refractivity contribution in [2.75, 3.05) is 33.3 Å². The van der Waals surface area contributed by atoms with Gasteiger partial charge in [-0.05, 0) is 44.3 Å². The SMILES string of the molecule is Cc1nc(CN(C)C2CCN(CCOc3ccc(C#N)cc3)C2)no1. The molecule has 1 fully saturated rings. The molecule has 2 aromatic rings. The molecule has 1 atom stereocenters. The lowest BCUT2D eigenvalue weighted by molar-refractivity contribution is 0.200. The number of likely N-dealkylation sites (tertiary alicyclic amines) is 1. The number of aromatic nitrogens is 2. The molecule has 1 aliphatic rings. The summed E-state index contributed by atoms with van der Waals surface area (Å²) in [6, 6.07) is 9.83. The predicted molar refractivity (Wildman–Crippen MR) is 92.0 cm³/mol. The van der Waals surface area contributed by atoms with E-state index in [1.165, 1.54) is 0 Å². The summed E-state index contributed by atoms with van der Waals surface area (Å²) in [6.07, 6.45) is 1.13. The molecular weight excluding hydrogens is 318 g/mol. The molecular formula is C18H23N5O2. The number of benzene rings is 1. The van der Waals surface area contributed by atoms with Crippen LogP contribution in [0.1, 0.15) is 23.7 Å². The molecule has 1 unspecified atom stereocenters. The lowest BCUT2D eigenvalue weighted by Gasteiger charge is -2.23. The number of likely N-dealkylation sites (N-methyl/N-ethyl adjacent to an activating group) is 1. The van der Waals surface area contributed by atoms with Crippen LogP contribution in [0.3, 0.4) is 0 Å². The Kier molecular flexibility index (Phi) is 5.64. The van der Waals surface area contributed by atoms with Gasteiger partial charge in [-0.2, -0.15) is 10.2 Å².